The second-order valence-electron chi connectivity index (χ2n) is 5.22. The highest BCUT2D eigenvalue weighted by Gasteiger charge is 2.10. The molecule has 2 aromatic rings. The molecule has 2 rings (SSSR count). The fourth-order valence-electron chi connectivity index (χ4n) is 1.87. The van der Waals surface area contributed by atoms with E-state index in [-0.39, 0.29) is 18.2 Å². The second-order valence-corrected chi connectivity index (χ2v) is 6.13. The Morgan fingerprint density at radius 1 is 1.33 bits per heavy atom. The van der Waals surface area contributed by atoms with Crippen molar-refractivity contribution in [2.75, 3.05) is 0 Å². The summed E-state index contributed by atoms with van der Waals surface area (Å²) in [5, 5.41) is 3.31. The molecule has 0 amide bonds. The fourth-order valence-corrected chi connectivity index (χ4v) is 2.21. The molecule has 0 saturated carbocycles. The van der Waals surface area contributed by atoms with Crippen LogP contribution in [0.2, 0.25) is 0 Å². The zero-order valence-electron chi connectivity index (χ0n) is 12.4. The van der Waals surface area contributed by atoms with E-state index in [2.05, 4.69) is 35.1 Å². The number of furan rings is 1. The topological polar surface area (TPSA) is 34.4 Å². The van der Waals surface area contributed by atoms with Crippen molar-refractivity contribution in [3.63, 3.8) is 0 Å². The number of hydrogen-bond acceptors (Lipinski definition) is 3. The Kier molecular flexibility index (Phi) is 5.42. The van der Waals surface area contributed by atoms with Gasteiger partial charge in [-0.3, -0.25) is 0 Å². The monoisotopic (exact) mass is 355 g/mol. The molecule has 0 radical (unpaired) electrons. The maximum atomic E-state index is 13.6. The Hall–Kier alpha value is -1.33. The van der Waals surface area contributed by atoms with Crippen molar-refractivity contribution in [3.8, 4) is 5.75 Å². The van der Waals surface area contributed by atoms with Crippen LogP contribution in [-0.4, -0.2) is 6.04 Å². The van der Waals surface area contributed by atoms with Gasteiger partial charge >= 0.3 is 0 Å². The molecular formula is C16H19BrFNO2. The quantitative estimate of drug-likeness (QED) is 0.824. The Labute approximate surface area is 132 Å². The Bertz CT molecular complexity index is 610. The first-order valence-corrected chi connectivity index (χ1v) is 7.64. The van der Waals surface area contributed by atoms with Crippen molar-refractivity contribution in [1.29, 1.82) is 0 Å². The number of aryl methyl sites for hydroxylation is 1. The first-order valence-electron chi connectivity index (χ1n) is 6.85. The highest BCUT2D eigenvalue weighted by atomic mass is 79.9. The average Bonchev–Trinajstić information content (AvgIpc) is 2.78. The van der Waals surface area contributed by atoms with Gasteiger partial charge in [-0.25, -0.2) is 4.39 Å². The third kappa shape index (κ3) is 4.58. The van der Waals surface area contributed by atoms with Crippen LogP contribution in [0.1, 0.15) is 30.9 Å². The Morgan fingerprint density at radius 2 is 2.10 bits per heavy atom. The SMILES string of the molecule is Cc1cc(COc2cc(Br)ccc2F)oc1CNC(C)C. The number of ether oxygens (including phenoxy) is 1. The zero-order valence-corrected chi connectivity index (χ0v) is 14.0. The molecule has 0 spiro atoms. The van der Waals surface area contributed by atoms with Crippen molar-refractivity contribution in [3.05, 3.63) is 51.6 Å². The summed E-state index contributed by atoms with van der Waals surface area (Å²) < 4.78 is 25.6. The number of halogens is 2. The van der Waals surface area contributed by atoms with Gasteiger partial charge in [0.15, 0.2) is 11.6 Å². The number of nitrogens with one attached hydrogen (secondary N) is 1. The van der Waals surface area contributed by atoms with E-state index >= 15 is 0 Å². The van der Waals surface area contributed by atoms with Gasteiger partial charge in [0.25, 0.3) is 0 Å². The molecule has 3 nitrogen and oxygen atoms in total. The molecule has 0 aliphatic carbocycles. The van der Waals surface area contributed by atoms with Gasteiger partial charge in [-0.1, -0.05) is 29.8 Å². The van der Waals surface area contributed by atoms with Gasteiger partial charge in [-0.2, -0.15) is 0 Å². The summed E-state index contributed by atoms with van der Waals surface area (Å²) in [5.41, 5.74) is 1.07. The van der Waals surface area contributed by atoms with Gasteiger partial charge in [0.05, 0.1) is 6.54 Å². The zero-order chi connectivity index (χ0) is 15.4. The van der Waals surface area contributed by atoms with E-state index in [0.717, 1.165) is 15.8 Å². The maximum absolute atomic E-state index is 13.6. The summed E-state index contributed by atoms with van der Waals surface area (Å²) in [6.07, 6.45) is 0. The summed E-state index contributed by atoms with van der Waals surface area (Å²) in [7, 11) is 0. The predicted octanol–water partition coefficient (Wildman–Crippen LogP) is 4.57. The van der Waals surface area contributed by atoms with Crippen molar-refractivity contribution < 1.29 is 13.5 Å². The minimum absolute atomic E-state index is 0.204. The highest BCUT2D eigenvalue weighted by molar-refractivity contribution is 9.10. The molecular weight excluding hydrogens is 337 g/mol. The highest BCUT2D eigenvalue weighted by Crippen LogP contribution is 2.24. The Morgan fingerprint density at radius 3 is 2.81 bits per heavy atom. The smallest absolute Gasteiger partial charge is 0.165 e. The molecule has 5 heteroatoms. The van der Waals surface area contributed by atoms with E-state index < -0.39 is 0 Å². The molecule has 0 bridgehead atoms. The van der Waals surface area contributed by atoms with Crippen molar-refractivity contribution in [1.82, 2.24) is 5.32 Å². The summed E-state index contributed by atoms with van der Waals surface area (Å²) in [5.74, 6) is 1.40. The van der Waals surface area contributed by atoms with Crippen LogP contribution in [0.5, 0.6) is 5.75 Å². The summed E-state index contributed by atoms with van der Waals surface area (Å²) in [6, 6.07) is 6.92. The van der Waals surface area contributed by atoms with Gasteiger partial charge in [0, 0.05) is 10.5 Å². The average molecular weight is 356 g/mol. The fraction of sp³-hybridized carbons (Fsp3) is 0.375. The number of benzene rings is 1. The van der Waals surface area contributed by atoms with Crippen LogP contribution in [-0.2, 0) is 13.2 Å². The van der Waals surface area contributed by atoms with Crippen LogP contribution in [0, 0.1) is 12.7 Å². The maximum Gasteiger partial charge on any atom is 0.165 e. The normalized spacial score (nSPS) is 11.1. The lowest BCUT2D eigenvalue weighted by Gasteiger charge is -2.07. The first kappa shape index (κ1) is 16.0. The van der Waals surface area contributed by atoms with Gasteiger partial charge in [0.2, 0.25) is 0 Å². The summed E-state index contributed by atoms with van der Waals surface area (Å²) >= 11 is 3.29. The molecule has 1 aromatic carbocycles. The first-order chi connectivity index (χ1) is 9.95. The van der Waals surface area contributed by atoms with Crippen LogP contribution in [0.25, 0.3) is 0 Å². The van der Waals surface area contributed by atoms with Crippen LogP contribution < -0.4 is 10.1 Å². The van der Waals surface area contributed by atoms with Crippen LogP contribution in [0.15, 0.2) is 33.2 Å². The lowest BCUT2D eigenvalue weighted by atomic mass is 10.2. The van der Waals surface area contributed by atoms with Crippen LogP contribution in [0.4, 0.5) is 4.39 Å². The van der Waals surface area contributed by atoms with Gasteiger partial charge in [0.1, 0.15) is 18.1 Å². The van der Waals surface area contributed by atoms with Crippen molar-refractivity contribution >= 4 is 15.9 Å². The Balaban J connectivity index is 2.00. The molecule has 0 fully saturated rings. The van der Waals surface area contributed by atoms with E-state index in [9.17, 15) is 4.39 Å². The summed E-state index contributed by atoms with van der Waals surface area (Å²) in [6.45, 7) is 7.03. The molecule has 0 aliphatic rings. The lowest BCUT2D eigenvalue weighted by Crippen LogP contribution is -2.21. The van der Waals surface area contributed by atoms with E-state index in [4.69, 9.17) is 9.15 Å². The molecule has 0 atom stereocenters. The molecule has 114 valence electrons. The third-order valence-electron chi connectivity index (χ3n) is 3.01. The molecule has 21 heavy (non-hydrogen) atoms. The van der Waals surface area contributed by atoms with Gasteiger partial charge in [-0.05, 0) is 36.8 Å². The van der Waals surface area contributed by atoms with E-state index in [0.29, 0.717) is 18.3 Å². The summed E-state index contributed by atoms with van der Waals surface area (Å²) in [4.78, 5) is 0. The van der Waals surface area contributed by atoms with E-state index in [1.54, 1.807) is 12.1 Å². The van der Waals surface area contributed by atoms with Gasteiger partial charge < -0.3 is 14.5 Å². The van der Waals surface area contributed by atoms with Gasteiger partial charge in [-0.15, -0.1) is 0 Å². The standard InChI is InChI=1S/C16H19BrFNO2/c1-10(2)19-8-16-11(3)6-13(21-16)9-20-15-7-12(17)4-5-14(15)18/h4-7,10,19H,8-9H2,1-3H3. The van der Waals surface area contributed by atoms with Crippen LogP contribution >= 0.6 is 15.9 Å². The van der Waals surface area contributed by atoms with Crippen molar-refractivity contribution in [2.45, 2.75) is 40.0 Å². The predicted molar refractivity (Wildman–Crippen MR) is 83.9 cm³/mol. The molecule has 1 N–H and O–H groups in total. The van der Waals surface area contributed by atoms with E-state index in [1.165, 1.54) is 6.07 Å². The molecule has 0 saturated heterocycles. The minimum atomic E-state index is -0.386. The number of hydrogen-bond donors (Lipinski definition) is 1. The minimum Gasteiger partial charge on any atom is -0.483 e. The molecule has 1 aromatic heterocycles. The van der Waals surface area contributed by atoms with E-state index in [1.807, 2.05) is 13.0 Å². The molecule has 0 unspecified atom stereocenters. The third-order valence-corrected chi connectivity index (χ3v) is 3.50. The molecule has 0 aliphatic heterocycles. The number of rotatable bonds is 6. The largest absolute Gasteiger partial charge is 0.483 e. The molecule has 1 heterocycles. The van der Waals surface area contributed by atoms with Crippen LogP contribution in [0.3, 0.4) is 0 Å². The second kappa shape index (κ2) is 7.09. The lowest BCUT2D eigenvalue weighted by molar-refractivity contribution is 0.253. The van der Waals surface area contributed by atoms with Crippen molar-refractivity contribution in [2.24, 2.45) is 0 Å².